The molecule has 1 aliphatic rings. The molecule has 0 amide bonds. The molecule has 1 atom stereocenters. The zero-order valence-electron chi connectivity index (χ0n) is 10.2. The van der Waals surface area contributed by atoms with Crippen molar-refractivity contribution in [2.45, 2.75) is 32.6 Å². The van der Waals surface area contributed by atoms with Crippen LogP contribution >= 0.6 is 0 Å². The van der Waals surface area contributed by atoms with E-state index in [0.29, 0.717) is 11.5 Å². The highest BCUT2D eigenvalue weighted by Crippen LogP contribution is 2.28. The number of hydrogen-bond acceptors (Lipinski definition) is 2. The second-order valence-corrected chi connectivity index (χ2v) is 4.77. The highest BCUT2D eigenvalue weighted by Gasteiger charge is 2.18. The molecule has 0 fully saturated rings. The fourth-order valence-corrected chi connectivity index (χ4v) is 2.40. The number of benzene rings is 1. The minimum Gasteiger partial charge on any atom is -0.478 e. The van der Waals surface area contributed by atoms with E-state index in [9.17, 15) is 4.79 Å². The van der Waals surface area contributed by atoms with Gasteiger partial charge >= 0.3 is 5.97 Å². The first-order chi connectivity index (χ1) is 8.20. The SMILES string of the molecule is CCCCC1CNc2ccc(C(=O)O)cc2C1. The van der Waals surface area contributed by atoms with Gasteiger partial charge in [0.05, 0.1) is 5.56 Å². The largest absolute Gasteiger partial charge is 0.478 e. The van der Waals surface area contributed by atoms with Crippen molar-refractivity contribution in [3.05, 3.63) is 29.3 Å². The predicted octanol–water partition coefficient (Wildman–Crippen LogP) is 3.16. The zero-order chi connectivity index (χ0) is 12.3. The zero-order valence-corrected chi connectivity index (χ0v) is 10.2. The third kappa shape index (κ3) is 2.78. The summed E-state index contributed by atoms with van der Waals surface area (Å²) in [6, 6.07) is 5.36. The molecule has 1 aromatic carbocycles. The lowest BCUT2D eigenvalue weighted by atomic mass is 9.89. The van der Waals surface area contributed by atoms with Crippen LogP contribution in [0.25, 0.3) is 0 Å². The third-order valence-electron chi connectivity index (χ3n) is 3.41. The van der Waals surface area contributed by atoms with Gasteiger partial charge in [-0.15, -0.1) is 0 Å². The molecule has 2 rings (SSSR count). The fraction of sp³-hybridized carbons (Fsp3) is 0.500. The normalized spacial score (nSPS) is 18.3. The van der Waals surface area contributed by atoms with Gasteiger partial charge in [-0.25, -0.2) is 4.79 Å². The van der Waals surface area contributed by atoms with Crippen molar-refractivity contribution >= 4 is 11.7 Å². The van der Waals surface area contributed by atoms with E-state index in [1.165, 1.54) is 19.3 Å². The van der Waals surface area contributed by atoms with Crippen LogP contribution < -0.4 is 5.32 Å². The number of carbonyl (C=O) groups is 1. The van der Waals surface area contributed by atoms with E-state index < -0.39 is 5.97 Å². The summed E-state index contributed by atoms with van der Waals surface area (Å²) in [7, 11) is 0. The average Bonchev–Trinajstić information content (AvgIpc) is 2.35. The molecule has 0 aliphatic carbocycles. The van der Waals surface area contributed by atoms with Crippen LogP contribution in [-0.2, 0) is 6.42 Å². The van der Waals surface area contributed by atoms with Gasteiger partial charge in [0, 0.05) is 12.2 Å². The van der Waals surface area contributed by atoms with E-state index in [-0.39, 0.29) is 0 Å². The lowest BCUT2D eigenvalue weighted by Gasteiger charge is -2.26. The highest BCUT2D eigenvalue weighted by molar-refractivity contribution is 5.88. The van der Waals surface area contributed by atoms with Gasteiger partial charge in [0.25, 0.3) is 0 Å². The summed E-state index contributed by atoms with van der Waals surface area (Å²) in [5.41, 5.74) is 2.64. The van der Waals surface area contributed by atoms with Crippen LogP contribution in [0.15, 0.2) is 18.2 Å². The number of fused-ring (bicyclic) bond motifs is 1. The summed E-state index contributed by atoms with van der Waals surface area (Å²) in [6.07, 6.45) is 4.70. The standard InChI is InChI=1S/C14H19NO2/c1-2-3-4-10-7-12-8-11(14(16)17)5-6-13(12)15-9-10/h5-6,8,10,15H,2-4,7,9H2,1H3,(H,16,17). The molecule has 3 nitrogen and oxygen atoms in total. The van der Waals surface area contributed by atoms with Gasteiger partial charge in [0.15, 0.2) is 0 Å². The number of hydrogen-bond donors (Lipinski definition) is 2. The molecule has 0 radical (unpaired) electrons. The number of aromatic carboxylic acids is 1. The average molecular weight is 233 g/mol. The van der Waals surface area contributed by atoms with Crippen molar-refractivity contribution in [1.29, 1.82) is 0 Å². The van der Waals surface area contributed by atoms with Crippen LogP contribution in [0.4, 0.5) is 5.69 Å². The molecule has 1 heterocycles. The maximum atomic E-state index is 10.9. The summed E-state index contributed by atoms with van der Waals surface area (Å²) in [4.78, 5) is 10.9. The Morgan fingerprint density at radius 3 is 3.06 bits per heavy atom. The lowest BCUT2D eigenvalue weighted by Crippen LogP contribution is -2.23. The molecule has 2 N–H and O–H groups in total. The summed E-state index contributed by atoms with van der Waals surface area (Å²) in [5, 5.41) is 12.4. The first-order valence-electron chi connectivity index (χ1n) is 6.30. The molecular formula is C14H19NO2. The first kappa shape index (κ1) is 12.0. The molecule has 0 spiro atoms. The smallest absolute Gasteiger partial charge is 0.335 e. The van der Waals surface area contributed by atoms with Crippen molar-refractivity contribution in [2.24, 2.45) is 5.92 Å². The molecule has 0 saturated carbocycles. The number of anilines is 1. The number of nitrogens with one attached hydrogen (secondary N) is 1. The Morgan fingerprint density at radius 2 is 2.35 bits per heavy atom. The van der Waals surface area contributed by atoms with Gasteiger partial charge in [-0.3, -0.25) is 0 Å². The topological polar surface area (TPSA) is 49.3 Å². The van der Waals surface area contributed by atoms with Gasteiger partial charge in [-0.1, -0.05) is 19.8 Å². The van der Waals surface area contributed by atoms with Gasteiger partial charge in [0.1, 0.15) is 0 Å². The molecule has 0 saturated heterocycles. The fourth-order valence-electron chi connectivity index (χ4n) is 2.40. The summed E-state index contributed by atoms with van der Waals surface area (Å²) in [6.45, 7) is 3.21. The van der Waals surface area contributed by atoms with Gasteiger partial charge in [-0.05, 0) is 42.5 Å². The molecule has 3 heteroatoms. The maximum absolute atomic E-state index is 10.9. The number of carboxylic acid groups (broad SMARTS) is 1. The molecular weight excluding hydrogens is 214 g/mol. The van der Waals surface area contributed by atoms with E-state index in [1.54, 1.807) is 6.07 Å². The Hall–Kier alpha value is -1.51. The van der Waals surface area contributed by atoms with Gasteiger partial charge in [0.2, 0.25) is 0 Å². The van der Waals surface area contributed by atoms with Crippen LogP contribution in [0, 0.1) is 5.92 Å². The minimum atomic E-state index is -0.844. The Morgan fingerprint density at radius 1 is 1.53 bits per heavy atom. The van der Waals surface area contributed by atoms with Crippen molar-refractivity contribution in [3.8, 4) is 0 Å². The third-order valence-corrected chi connectivity index (χ3v) is 3.41. The summed E-state index contributed by atoms with van der Waals surface area (Å²) in [5.74, 6) is -0.199. The molecule has 0 aromatic heterocycles. The predicted molar refractivity (Wildman–Crippen MR) is 68.6 cm³/mol. The molecule has 1 aliphatic heterocycles. The molecule has 17 heavy (non-hydrogen) atoms. The minimum absolute atomic E-state index is 0.390. The number of unbranched alkanes of at least 4 members (excludes halogenated alkanes) is 1. The van der Waals surface area contributed by atoms with Gasteiger partial charge < -0.3 is 10.4 Å². The van der Waals surface area contributed by atoms with E-state index in [1.807, 2.05) is 12.1 Å². The Bertz CT molecular complexity index is 415. The van der Waals surface area contributed by atoms with Gasteiger partial charge in [-0.2, -0.15) is 0 Å². The van der Waals surface area contributed by atoms with Crippen molar-refractivity contribution < 1.29 is 9.90 Å². The number of carboxylic acids is 1. The van der Waals surface area contributed by atoms with Crippen LogP contribution in [-0.4, -0.2) is 17.6 Å². The molecule has 92 valence electrons. The highest BCUT2D eigenvalue weighted by atomic mass is 16.4. The Kier molecular flexibility index (Phi) is 3.67. The van der Waals surface area contributed by atoms with Crippen LogP contribution in [0.3, 0.4) is 0 Å². The lowest BCUT2D eigenvalue weighted by molar-refractivity contribution is 0.0696. The molecule has 1 aromatic rings. The van der Waals surface area contributed by atoms with E-state index in [4.69, 9.17) is 5.11 Å². The monoisotopic (exact) mass is 233 g/mol. The summed E-state index contributed by atoms with van der Waals surface area (Å²) >= 11 is 0. The Labute approximate surface area is 102 Å². The Balaban J connectivity index is 2.12. The van der Waals surface area contributed by atoms with Crippen molar-refractivity contribution in [2.75, 3.05) is 11.9 Å². The quantitative estimate of drug-likeness (QED) is 0.839. The van der Waals surface area contributed by atoms with E-state index in [0.717, 1.165) is 24.2 Å². The van der Waals surface area contributed by atoms with E-state index in [2.05, 4.69) is 12.2 Å². The van der Waals surface area contributed by atoms with Crippen molar-refractivity contribution in [1.82, 2.24) is 0 Å². The number of rotatable bonds is 4. The van der Waals surface area contributed by atoms with Crippen LogP contribution in [0.5, 0.6) is 0 Å². The van der Waals surface area contributed by atoms with E-state index >= 15 is 0 Å². The second kappa shape index (κ2) is 5.21. The van der Waals surface area contributed by atoms with Crippen LogP contribution in [0.1, 0.15) is 42.1 Å². The first-order valence-corrected chi connectivity index (χ1v) is 6.30. The maximum Gasteiger partial charge on any atom is 0.335 e. The second-order valence-electron chi connectivity index (χ2n) is 4.77. The molecule has 1 unspecified atom stereocenters. The van der Waals surface area contributed by atoms with Crippen molar-refractivity contribution in [3.63, 3.8) is 0 Å². The van der Waals surface area contributed by atoms with Crippen LogP contribution in [0.2, 0.25) is 0 Å². The summed E-state index contributed by atoms with van der Waals surface area (Å²) < 4.78 is 0. The molecule has 0 bridgehead atoms.